The Morgan fingerprint density at radius 1 is 1.32 bits per heavy atom. The molecular weight excluding hydrogens is 358 g/mol. The maximum Gasteiger partial charge on any atom is 0.224 e. The number of hydrogen-bond donors (Lipinski definition) is 1. The Morgan fingerprint density at radius 2 is 2.24 bits per heavy atom. The monoisotopic (exact) mass is 375 g/mol. The topological polar surface area (TPSA) is 64.9 Å². The van der Waals surface area contributed by atoms with E-state index in [4.69, 9.17) is 16.3 Å². The molecule has 0 saturated carbocycles. The molecule has 0 amide bonds. The fourth-order valence-corrected chi connectivity index (χ4v) is 3.55. The summed E-state index contributed by atoms with van der Waals surface area (Å²) in [7, 11) is 0. The normalized spacial score (nSPS) is 17.8. The van der Waals surface area contributed by atoms with E-state index in [2.05, 4.69) is 26.4 Å². The van der Waals surface area contributed by atoms with Gasteiger partial charge in [0.1, 0.15) is 12.0 Å². The lowest BCUT2D eigenvalue weighted by atomic mass is 10.2. The smallest absolute Gasteiger partial charge is 0.224 e. The number of rotatable bonds is 4. The van der Waals surface area contributed by atoms with Crippen molar-refractivity contribution in [1.29, 1.82) is 0 Å². The predicted octanol–water partition coefficient (Wildman–Crippen LogP) is 4.64. The van der Waals surface area contributed by atoms with Gasteiger partial charge in [0, 0.05) is 16.9 Å². The van der Waals surface area contributed by atoms with Gasteiger partial charge in [0.2, 0.25) is 5.28 Å². The van der Waals surface area contributed by atoms with Crippen molar-refractivity contribution in [2.45, 2.75) is 30.4 Å². The molecule has 0 radical (unpaired) electrons. The summed E-state index contributed by atoms with van der Waals surface area (Å²) in [6, 6.07) is 6.05. The minimum absolute atomic E-state index is 0.0122. The van der Waals surface area contributed by atoms with Crippen molar-refractivity contribution in [2.75, 3.05) is 18.2 Å². The quantitative estimate of drug-likeness (QED) is 0.529. The van der Waals surface area contributed by atoms with Gasteiger partial charge in [0.25, 0.3) is 0 Å². The first-order chi connectivity index (χ1) is 12.2. The van der Waals surface area contributed by atoms with Crippen LogP contribution in [0.5, 0.6) is 0 Å². The SMILES string of the molecule is CSc1ccc2nc(Cl)nc(Nc3cnn(C4CCCCO4)c3)c2c1. The van der Waals surface area contributed by atoms with Crippen molar-refractivity contribution in [1.82, 2.24) is 19.7 Å². The summed E-state index contributed by atoms with van der Waals surface area (Å²) in [6.45, 7) is 0.789. The van der Waals surface area contributed by atoms with Gasteiger partial charge in [0.05, 0.1) is 23.6 Å². The number of thioether (sulfide) groups is 1. The van der Waals surface area contributed by atoms with Crippen molar-refractivity contribution >= 4 is 45.8 Å². The second-order valence-corrected chi connectivity index (χ2v) is 7.10. The molecule has 0 bridgehead atoms. The van der Waals surface area contributed by atoms with E-state index in [-0.39, 0.29) is 11.5 Å². The van der Waals surface area contributed by atoms with Gasteiger partial charge >= 0.3 is 0 Å². The lowest BCUT2D eigenvalue weighted by Crippen LogP contribution is -2.18. The number of hydrogen-bond acceptors (Lipinski definition) is 6. The Balaban J connectivity index is 1.65. The van der Waals surface area contributed by atoms with Gasteiger partial charge in [-0.05, 0) is 55.3 Å². The summed E-state index contributed by atoms with van der Waals surface area (Å²) in [6.07, 6.45) is 9.04. The van der Waals surface area contributed by atoms with E-state index in [1.165, 1.54) is 0 Å². The summed E-state index contributed by atoms with van der Waals surface area (Å²) < 4.78 is 7.63. The van der Waals surface area contributed by atoms with Gasteiger partial charge in [-0.25, -0.2) is 9.67 Å². The molecule has 25 heavy (non-hydrogen) atoms. The third-order valence-corrected chi connectivity index (χ3v) is 5.08. The van der Waals surface area contributed by atoms with E-state index in [1.54, 1.807) is 18.0 Å². The molecule has 1 unspecified atom stereocenters. The highest BCUT2D eigenvalue weighted by Gasteiger charge is 2.17. The minimum Gasteiger partial charge on any atom is -0.357 e. The van der Waals surface area contributed by atoms with Crippen molar-refractivity contribution in [3.63, 3.8) is 0 Å². The van der Waals surface area contributed by atoms with Crippen molar-refractivity contribution in [3.05, 3.63) is 35.9 Å². The number of nitrogens with zero attached hydrogens (tertiary/aromatic N) is 4. The maximum absolute atomic E-state index is 6.08. The van der Waals surface area contributed by atoms with Crippen LogP contribution in [0.25, 0.3) is 10.9 Å². The molecule has 1 aromatic carbocycles. The number of nitrogens with one attached hydrogen (secondary N) is 1. The molecule has 3 aromatic rings. The molecule has 1 N–H and O–H groups in total. The fraction of sp³-hybridized carbons (Fsp3) is 0.353. The summed E-state index contributed by atoms with van der Waals surface area (Å²) in [5, 5.41) is 8.88. The van der Waals surface area contributed by atoms with Crippen LogP contribution in [0.3, 0.4) is 0 Å². The van der Waals surface area contributed by atoms with Crippen LogP contribution in [0.4, 0.5) is 11.5 Å². The van der Waals surface area contributed by atoms with Gasteiger partial charge in [-0.15, -0.1) is 11.8 Å². The van der Waals surface area contributed by atoms with Crippen molar-refractivity contribution in [3.8, 4) is 0 Å². The lowest BCUT2D eigenvalue weighted by Gasteiger charge is -2.22. The van der Waals surface area contributed by atoms with Crippen LogP contribution in [-0.2, 0) is 4.74 Å². The van der Waals surface area contributed by atoms with Crippen molar-refractivity contribution < 1.29 is 4.74 Å². The number of anilines is 2. The summed E-state index contributed by atoms with van der Waals surface area (Å²) in [4.78, 5) is 9.80. The molecule has 130 valence electrons. The average Bonchev–Trinajstić information content (AvgIpc) is 3.10. The Kier molecular flexibility index (Phi) is 4.78. The van der Waals surface area contributed by atoms with Crippen molar-refractivity contribution in [2.24, 2.45) is 0 Å². The first kappa shape index (κ1) is 16.6. The molecule has 1 fully saturated rings. The van der Waals surface area contributed by atoms with Gasteiger partial charge in [-0.3, -0.25) is 0 Å². The van der Waals surface area contributed by atoms with Gasteiger partial charge in [0.15, 0.2) is 0 Å². The minimum atomic E-state index is 0.0122. The van der Waals surface area contributed by atoms with E-state index in [0.29, 0.717) is 5.82 Å². The van der Waals surface area contributed by atoms with E-state index < -0.39 is 0 Å². The third kappa shape index (κ3) is 3.58. The van der Waals surface area contributed by atoms with Gasteiger partial charge in [-0.2, -0.15) is 10.1 Å². The molecule has 4 rings (SSSR count). The Bertz CT molecular complexity index is 894. The zero-order chi connectivity index (χ0) is 17.2. The number of ether oxygens (including phenoxy) is 1. The molecule has 1 atom stereocenters. The third-order valence-electron chi connectivity index (χ3n) is 4.19. The highest BCUT2D eigenvalue weighted by atomic mass is 35.5. The molecule has 0 aliphatic carbocycles. The van der Waals surface area contributed by atoms with E-state index in [1.807, 2.05) is 29.3 Å². The number of benzene rings is 1. The van der Waals surface area contributed by atoms with E-state index >= 15 is 0 Å². The standard InChI is InChI=1S/C17H18ClN5OS/c1-25-12-5-6-14-13(8-12)16(22-17(18)21-14)20-11-9-19-23(10-11)15-4-2-3-7-24-15/h5-6,8-10,15H,2-4,7H2,1H3,(H,20,21,22). The molecule has 3 heterocycles. The molecule has 1 aliphatic heterocycles. The highest BCUT2D eigenvalue weighted by molar-refractivity contribution is 7.98. The van der Waals surface area contributed by atoms with E-state index in [0.717, 1.165) is 47.4 Å². The van der Waals surface area contributed by atoms with E-state index in [9.17, 15) is 0 Å². The molecule has 2 aromatic heterocycles. The van der Waals surface area contributed by atoms with Crippen LogP contribution >= 0.6 is 23.4 Å². The van der Waals surface area contributed by atoms with Gasteiger partial charge < -0.3 is 10.1 Å². The largest absolute Gasteiger partial charge is 0.357 e. The van der Waals surface area contributed by atoms with Crippen LogP contribution in [0.2, 0.25) is 5.28 Å². The number of aromatic nitrogens is 4. The summed E-state index contributed by atoms with van der Waals surface area (Å²) in [5.74, 6) is 0.676. The molecule has 0 spiro atoms. The van der Waals surface area contributed by atoms with Gasteiger partial charge in [-0.1, -0.05) is 0 Å². The zero-order valence-electron chi connectivity index (χ0n) is 13.8. The molecule has 1 saturated heterocycles. The molecule has 6 nitrogen and oxygen atoms in total. The second kappa shape index (κ2) is 7.19. The first-order valence-electron chi connectivity index (χ1n) is 8.17. The zero-order valence-corrected chi connectivity index (χ0v) is 15.3. The van der Waals surface area contributed by atoms with Crippen LogP contribution in [-0.4, -0.2) is 32.6 Å². The highest BCUT2D eigenvalue weighted by Crippen LogP contribution is 2.29. The second-order valence-electron chi connectivity index (χ2n) is 5.88. The number of fused-ring (bicyclic) bond motifs is 1. The Labute approximate surface area is 154 Å². The Hall–Kier alpha value is -1.83. The van der Waals surface area contributed by atoms with Crippen LogP contribution in [0.1, 0.15) is 25.5 Å². The average molecular weight is 376 g/mol. The van der Waals surface area contributed by atoms with Crippen LogP contribution in [0, 0.1) is 0 Å². The fourth-order valence-electron chi connectivity index (χ4n) is 2.93. The number of halogens is 1. The summed E-state index contributed by atoms with van der Waals surface area (Å²) in [5.41, 5.74) is 1.66. The Morgan fingerprint density at radius 3 is 3.04 bits per heavy atom. The molecule has 8 heteroatoms. The molecule has 1 aliphatic rings. The first-order valence-corrected chi connectivity index (χ1v) is 9.77. The predicted molar refractivity (Wildman–Crippen MR) is 101 cm³/mol. The molecular formula is C17H18ClN5OS. The summed E-state index contributed by atoms with van der Waals surface area (Å²) >= 11 is 7.76. The maximum atomic E-state index is 6.08. The van der Waals surface area contributed by atoms with Crippen LogP contribution in [0.15, 0.2) is 35.5 Å². The van der Waals surface area contributed by atoms with Crippen LogP contribution < -0.4 is 5.32 Å². The lowest BCUT2D eigenvalue weighted by molar-refractivity contribution is -0.0394.